The smallest absolute Gasteiger partial charge is 0.314 e. The largest absolute Gasteiger partial charge is 0.372 e. The Labute approximate surface area is 141 Å². The van der Waals surface area contributed by atoms with Gasteiger partial charge in [-0.2, -0.15) is 0 Å². The third-order valence-electron chi connectivity index (χ3n) is 3.61. The van der Waals surface area contributed by atoms with Gasteiger partial charge in [-0.3, -0.25) is 4.98 Å². The van der Waals surface area contributed by atoms with Gasteiger partial charge in [-0.05, 0) is 30.7 Å². The Kier molecular flexibility index (Phi) is 7.01. The Morgan fingerprint density at radius 3 is 2.62 bits per heavy atom. The van der Waals surface area contributed by atoms with Crippen LogP contribution in [-0.4, -0.2) is 37.7 Å². The van der Waals surface area contributed by atoms with Gasteiger partial charge in [-0.15, -0.1) is 0 Å². The molecule has 6 heteroatoms. The molecule has 2 aromatic rings. The first kappa shape index (κ1) is 17.7. The van der Waals surface area contributed by atoms with Crippen molar-refractivity contribution in [3.8, 4) is 0 Å². The van der Waals surface area contributed by atoms with Gasteiger partial charge in [0.25, 0.3) is 0 Å². The van der Waals surface area contributed by atoms with Crippen molar-refractivity contribution in [3.05, 3.63) is 60.2 Å². The SMILES string of the molecule is CN(CCCNC(=O)NCCc1ccccn1)c1ccccc1F. The number of rotatable bonds is 8. The third-order valence-corrected chi connectivity index (χ3v) is 3.61. The van der Waals surface area contributed by atoms with Crippen molar-refractivity contribution in [3.63, 3.8) is 0 Å². The topological polar surface area (TPSA) is 57.3 Å². The van der Waals surface area contributed by atoms with E-state index < -0.39 is 0 Å². The molecule has 0 spiro atoms. The van der Waals surface area contributed by atoms with Crippen molar-refractivity contribution in [2.24, 2.45) is 0 Å². The van der Waals surface area contributed by atoms with Crippen molar-refractivity contribution >= 4 is 11.7 Å². The number of amides is 2. The zero-order valence-corrected chi connectivity index (χ0v) is 13.8. The van der Waals surface area contributed by atoms with Crippen LogP contribution in [0.4, 0.5) is 14.9 Å². The lowest BCUT2D eigenvalue weighted by molar-refractivity contribution is 0.241. The van der Waals surface area contributed by atoms with Crippen LogP contribution in [0.25, 0.3) is 0 Å². The van der Waals surface area contributed by atoms with Gasteiger partial charge >= 0.3 is 6.03 Å². The lowest BCUT2D eigenvalue weighted by Gasteiger charge is -2.19. The number of nitrogens with one attached hydrogen (secondary N) is 2. The molecule has 1 aromatic heterocycles. The maximum absolute atomic E-state index is 13.6. The second-order valence-corrected chi connectivity index (χ2v) is 5.48. The molecule has 2 amide bonds. The number of hydrogen-bond acceptors (Lipinski definition) is 3. The molecule has 0 aliphatic carbocycles. The number of para-hydroxylation sites is 1. The fourth-order valence-corrected chi connectivity index (χ4v) is 2.31. The lowest BCUT2D eigenvalue weighted by atomic mass is 10.2. The maximum atomic E-state index is 13.6. The number of benzene rings is 1. The van der Waals surface area contributed by atoms with Crippen LogP contribution in [-0.2, 0) is 6.42 Å². The van der Waals surface area contributed by atoms with Gasteiger partial charge in [0.05, 0.1) is 5.69 Å². The summed E-state index contributed by atoms with van der Waals surface area (Å²) in [6, 6.07) is 12.2. The zero-order chi connectivity index (χ0) is 17.2. The highest BCUT2D eigenvalue weighted by Crippen LogP contribution is 2.16. The fourth-order valence-electron chi connectivity index (χ4n) is 2.31. The van der Waals surface area contributed by atoms with E-state index in [2.05, 4.69) is 15.6 Å². The first-order valence-electron chi connectivity index (χ1n) is 8.04. The number of nitrogens with zero attached hydrogens (tertiary/aromatic N) is 2. The Morgan fingerprint density at radius 1 is 1.12 bits per heavy atom. The monoisotopic (exact) mass is 330 g/mol. The van der Waals surface area contributed by atoms with Crippen molar-refractivity contribution in [2.75, 3.05) is 31.6 Å². The molecule has 2 rings (SSSR count). The molecule has 0 saturated carbocycles. The van der Waals surface area contributed by atoms with Crippen LogP contribution < -0.4 is 15.5 Å². The number of halogens is 1. The molecule has 128 valence electrons. The third kappa shape index (κ3) is 5.87. The van der Waals surface area contributed by atoms with Crippen LogP contribution in [0.2, 0.25) is 0 Å². The number of anilines is 1. The molecule has 0 aliphatic rings. The van der Waals surface area contributed by atoms with Crippen molar-refractivity contribution in [1.29, 1.82) is 0 Å². The second-order valence-electron chi connectivity index (χ2n) is 5.48. The normalized spacial score (nSPS) is 10.2. The first-order valence-corrected chi connectivity index (χ1v) is 8.04. The first-order chi connectivity index (χ1) is 11.7. The minimum absolute atomic E-state index is 0.195. The average Bonchev–Trinajstić information content (AvgIpc) is 2.60. The van der Waals surface area contributed by atoms with Gasteiger partial charge in [0.2, 0.25) is 0 Å². The van der Waals surface area contributed by atoms with Crippen LogP contribution in [0.15, 0.2) is 48.7 Å². The highest BCUT2D eigenvalue weighted by atomic mass is 19.1. The van der Waals surface area contributed by atoms with Crippen LogP contribution in [0.1, 0.15) is 12.1 Å². The van der Waals surface area contributed by atoms with E-state index in [1.165, 1.54) is 6.07 Å². The predicted molar refractivity (Wildman–Crippen MR) is 93.6 cm³/mol. The molecule has 1 aromatic carbocycles. The summed E-state index contributed by atoms with van der Waals surface area (Å²) in [7, 11) is 1.84. The molecule has 0 radical (unpaired) electrons. The minimum Gasteiger partial charge on any atom is -0.372 e. The quantitative estimate of drug-likeness (QED) is 0.732. The summed E-state index contributed by atoms with van der Waals surface area (Å²) >= 11 is 0. The summed E-state index contributed by atoms with van der Waals surface area (Å²) in [5.74, 6) is -0.236. The van der Waals surface area contributed by atoms with E-state index in [-0.39, 0.29) is 11.8 Å². The van der Waals surface area contributed by atoms with Gasteiger partial charge in [0, 0.05) is 45.0 Å². The standard InChI is InChI=1S/C18H23FN4O/c1-23(17-9-3-2-8-16(17)19)14-6-12-21-18(24)22-13-10-15-7-4-5-11-20-15/h2-5,7-9,11H,6,10,12-14H2,1H3,(H2,21,22,24). The average molecular weight is 330 g/mol. The van der Waals surface area contributed by atoms with E-state index in [4.69, 9.17) is 0 Å². The molecule has 0 aliphatic heterocycles. The number of urea groups is 1. The summed E-state index contributed by atoms with van der Waals surface area (Å²) < 4.78 is 13.6. The Balaban J connectivity index is 1.58. The molecular weight excluding hydrogens is 307 g/mol. The second kappa shape index (κ2) is 9.50. The van der Waals surface area contributed by atoms with Crippen LogP contribution in [0.3, 0.4) is 0 Å². The Morgan fingerprint density at radius 2 is 1.88 bits per heavy atom. The summed E-state index contributed by atoms with van der Waals surface area (Å²) in [5, 5.41) is 5.60. The highest BCUT2D eigenvalue weighted by Gasteiger charge is 2.06. The highest BCUT2D eigenvalue weighted by molar-refractivity contribution is 5.73. The number of aromatic nitrogens is 1. The Hall–Kier alpha value is -2.63. The molecule has 0 saturated heterocycles. The maximum Gasteiger partial charge on any atom is 0.314 e. The molecule has 0 atom stereocenters. The fraction of sp³-hybridized carbons (Fsp3) is 0.333. The molecule has 24 heavy (non-hydrogen) atoms. The van der Waals surface area contributed by atoms with Gasteiger partial charge in [0.1, 0.15) is 5.82 Å². The van der Waals surface area contributed by atoms with Gasteiger partial charge in [-0.25, -0.2) is 9.18 Å². The molecule has 5 nitrogen and oxygen atoms in total. The number of carbonyl (C=O) groups is 1. The summed E-state index contributed by atoms with van der Waals surface area (Å²) in [6.07, 6.45) is 3.17. The van der Waals surface area contributed by atoms with Crippen molar-refractivity contribution in [2.45, 2.75) is 12.8 Å². The number of carbonyl (C=O) groups excluding carboxylic acids is 1. The molecular formula is C18H23FN4O. The van der Waals surface area contributed by atoms with E-state index in [1.54, 1.807) is 18.3 Å². The molecule has 0 fully saturated rings. The van der Waals surface area contributed by atoms with E-state index in [0.717, 1.165) is 12.1 Å². The number of pyridine rings is 1. The van der Waals surface area contributed by atoms with Crippen LogP contribution >= 0.6 is 0 Å². The summed E-state index contributed by atoms with van der Waals surface area (Å²) in [6.45, 7) is 1.74. The molecule has 2 N–H and O–H groups in total. The zero-order valence-electron chi connectivity index (χ0n) is 13.8. The van der Waals surface area contributed by atoms with Gasteiger partial charge < -0.3 is 15.5 Å². The minimum atomic E-state index is -0.236. The summed E-state index contributed by atoms with van der Waals surface area (Å²) in [5.41, 5.74) is 1.52. The van der Waals surface area contributed by atoms with Crippen molar-refractivity contribution in [1.82, 2.24) is 15.6 Å². The predicted octanol–water partition coefficient (Wildman–Crippen LogP) is 2.59. The number of hydrogen-bond donors (Lipinski definition) is 2. The van der Waals surface area contributed by atoms with Gasteiger partial charge in [0.15, 0.2) is 0 Å². The molecule has 1 heterocycles. The molecule has 0 unspecified atom stereocenters. The van der Waals surface area contributed by atoms with E-state index in [0.29, 0.717) is 31.7 Å². The lowest BCUT2D eigenvalue weighted by Crippen LogP contribution is -2.38. The van der Waals surface area contributed by atoms with Crippen molar-refractivity contribution < 1.29 is 9.18 Å². The summed E-state index contributed by atoms with van der Waals surface area (Å²) in [4.78, 5) is 17.7. The van der Waals surface area contributed by atoms with Crippen LogP contribution in [0, 0.1) is 5.82 Å². The Bertz CT molecular complexity index is 636. The van der Waals surface area contributed by atoms with Crippen LogP contribution in [0.5, 0.6) is 0 Å². The van der Waals surface area contributed by atoms with E-state index in [1.807, 2.05) is 36.2 Å². The van der Waals surface area contributed by atoms with E-state index >= 15 is 0 Å². The van der Waals surface area contributed by atoms with Gasteiger partial charge in [-0.1, -0.05) is 18.2 Å². The molecule has 0 bridgehead atoms. The van der Waals surface area contributed by atoms with E-state index in [9.17, 15) is 9.18 Å².